The van der Waals surface area contributed by atoms with Crippen LogP contribution < -0.4 is 10.6 Å². The molecule has 0 spiro atoms. The van der Waals surface area contributed by atoms with Crippen LogP contribution in [0.15, 0.2) is 24.4 Å². The molecular weight excluding hydrogens is 368 g/mol. The number of amides is 2. The van der Waals surface area contributed by atoms with E-state index in [9.17, 15) is 18.0 Å². The molecule has 27 heavy (non-hydrogen) atoms. The maximum Gasteiger partial charge on any atom is 0.287 e. The number of fused-ring (bicyclic) bond motifs is 1. The van der Waals surface area contributed by atoms with Gasteiger partial charge in [-0.3, -0.25) is 14.0 Å². The molecule has 1 saturated heterocycles. The van der Waals surface area contributed by atoms with Crippen molar-refractivity contribution in [2.75, 3.05) is 11.5 Å². The molecule has 2 N–H and O–H groups in total. The molecule has 0 radical (unpaired) electrons. The predicted octanol–water partition coefficient (Wildman–Crippen LogP) is 0.924. The van der Waals surface area contributed by atoms with Crippen LogP contribution in [-0.2, 0) is 9.84 Å². The molecular formula is C18H22N4O4S. The highest BCUT2D eigenvalue weighted by molar-refractivity contribution is 7.91. The summed E-state index contributed by atoms with van der Waals surface area (Å²) in [4.78, 5) is 29.7. The average Bonchev–Trinajstić information content (AvgIpc) is 3.33. The van der Waals surface area contributed by atoms with Crippen molar-refractivity contribution in [2.24, 2.45) is 0 Å². The highest BCUT2D eigenvalue weighted by Gasteiger charge is 2.31. The van der Waals surface area contributed by atoms with Crippen LogP contribution in [0.4, 0.5) is 0 Å². The van der Waals surface area contributed by atoms with Gasteiger partial charge in [0.05, 0.1) is 17.0 Å². The second-order valence-electron chi connectivity index (χ2n) is 7.27. The van der Waals surface area contributed by atoms with Crippen molar-refractivity contribution in [1.29, 1.82) is 0 Å². The van der Waals surface area contributed by atoms with E-state index in [4.69, 9.17) is 0 Å². The zero-order valence-electron chi connectivity index (χ0n) is 14.8. The van der Waals surface area contributed by atoms with Gasteiger partial charge in [0.2, 0.25) is 5.82 Å². The molecule has 0 aromatic carbocycles. The summed E-state index contributed by atoms with van der Waals surface area (Å²) in [5.41, 5.74) is 0.767. The second kappa shape index (κ2) is 6.95. The number of carbonyl (C=O) groups is 2. The second-order valence-corrected chi connectivity index (χ2v) is 9.50. The van der Waals surface area contributed by atoms with Gasteiger partial charge >= 0.3 is 0 Å². The Morgan fingerprint density at radius 2 is 1.78 bits per heavy atom. The third kappa shape index (κ3) is 3.69. The van der Waals surface area contributed by atoms with Crippen molar-refractivity contribution in [3.8, 4) is 0 Å². The van der Waals surface area contributed by atoms with Gasteiger partial charge in [0.1, 0.15) is 0 Å². The molecule has 2 amide bonds. The minimum absolute atomic E-state index is 0.0585. The van der Waals surface area contributed by atoms with E-state index >= 15 is 0 Å². The monoisotopic (exact) mass is 390 g/mol. The van der Waals surface area contributed by atoms with Gasteiger partial charge in [-0.1, -0.05) is 18.9 Å². The first kappa shape index (κ1) is 18.0. The number of imidazole rings is 1. The maximum atomic E-state index is 12.7. The fourth-order valence-corrected chi connectivity index (χ4v) is 5.52. The smallest absolute Gasteiger partial charge is 0.287 e. The Kier molecular flexibility index (Phi) is 4.63. The van der Waals surface area contributed by atoms with Crippen molar-refractivity contribution in [1.82, 2.24) is 20.0 Å². The minimum Gasteiger partial charge on any atom is -0.348 e. The van der Waals surface area contributed by atoms with Gasteiger partial charge in [-0.15, -0.1) is 0 Å². The zero-order valence-corrected chi connectivity index (χ0v) is 15.7. The number of pyridine rings is 1. The summed E-state index contributed by atoms with van der Waals surface area (Å²) in [7, 11) is -3.09. The Bertz CT molecular complexity index is 992. The highest BCUT2D eigenvalue weighted by Crippen LogP contribution is 2.20. The lowest BCUT2D eigenvalue weighted by molar-refractivity contribution is 0.0930. The molecule has 1 atom stereocenters. The molecule has 9 heteroatoms. The molecule has 1 aliphatic heterocycles. The molecule has 2 aliphatic rings. The van der Waals surface area contributed by atoms with Crippen LogP contribution in [-0.4, -0.2) is 53.2 Å². The Labute approximate surface area is 157 Å². The first-order valence-electron chi connectivity index (χ1n) is 9.22. The molecule has 2 aromatic rings. The minimum atomic E-state index is -3.09. The van der Waals surface area contributed by atoms with Crippen molar-refractivity contribution in [3.63, 3.8) is 0 Å². The predicted molar refractivity (Wildman–Crippen MR) is 99.4 cm³/mol. The summed E-state index contributed by atoms with van der Waals surface area (Å²) in [6.07, 6.45) is 6.20. The third-order valence-electron chi connectivity index (χ3n) is 5.22. The van der Waals surface area contributed by atoms with E-state index in [0.29, 0.717) is 11.9 Å². The highest BCUT2D eigenvalue weighted by atomic mass is 32.2. The number of nitrogens with zero attached hydrogens (tertiary/aromatic N) is 2. The number of aromatic nitrogens is 2. The first-order chi connectivity index (χ1) is 12.9. The van der Waals surface area contributed by atoms with E-state index in [0.717, 1.165) is 25.7 Å². The van der Waals surface area contributed by atoms with E-state index in [1.54, 1.807) is 28.8 Å². The number of hydrogen-bond acceptors (Lipinski definition) is 5. The number of hydrogen-bond donors (Lipinski definition) is 2. The summed E-state index contributed by atoms with van der Waals surface area (Å²) in [6, 6.07) is 5.01. The molecule has 1 aliphatic carbocycles. The topological polar surface area (TPSA) is 110 Å². The van der Waals surface area contributed by atoms with Crippen LogP contribution in [0.25, 0.3) is 5.52 Å². The summed E-state index contributed by atoms with van der Waals surface area (Å²) in [6.45, 7) is 0. The zero-order chi connectivity index (χ0) is 19.0. The Balaban J connectivity index is 1.59. The molecule has 2 fully saturated rings. The summed E-state index contributed by atoms with van der Waals surface area (Å²) >= 11 is 0. The lowest BCUT2D eigenvalue weighted by Crippen LogP contribution is -2.36. The average molecular weight is 390 g/mol. The van der Waals surface area contributed by atoms with E-state index in [2.05, 4.69) is 15.6 Å². The van der Waals surface area contributed by atoms with Gasteiger partial charge < -0.3 is 10.6 Å². The fraction of sp³-hybridized carbons (Fsp3) is 0.500. The maximum absolute atomic E-state index is 12.7. The van der Waals surface area contributed by atoms with Gasteiger partial charge in [-0.25, -0.2) is 13.4 Å². The molecule has 1 saturated carbocycles. The van der Waals surface area contributed by atoms with Crippen LogP contribution in [0.3, 0.4) is 0 Å². The number of sulfone groups is 1. The molecule has 3 heterocycles. The van der Waals surface area contributed by atoms with Crippen molar-refractivity contribution < 1.29 is 18.0 Å². The SMILES string of the molecule is O=C(NC1CCCC1)c1nc(C(=O)NC2CCS(=O)(=O)C2)n2ccccc12. The lowest BCUT2D eigenvalue weighted by atomic mass is 10.2. The third-order valence-corrected chi connectivity index (χ3v) is 6.99. The largest absolute Gasteiger partial charge is 0.348 e. The van der Waals surface area contributed by atoms with Crippen LogP contribution in [0.5, 0.6) is 0 Å². The standard InChI is InChI=1S/C18H22N4O4S/c23-17(19-12-5-1-2-6-12)15-14-7-3-4-9-22(14)16(21-15)18(24)20-13-8-10-27(25,26)11-13/h3-4,7,9,12-13H,1-2,5-6,8,10-11H2,(H,19,23)(H,20,24). The molecule has 0 bridgehead atoms. The molecule has 144 valence electrons. The normalized spacial score (nSPS) is 22.1. The van der Waals surface area contributed by atoms with Gasteiger partial charge in [0.25, 0.3) is 11.8 Å². The summed E-state index contributed by atoms with van der Waals surface area (Å²) in [5.74, 6) is -0.648. The van der Waals surface area contributed by atoms with E-state index in [1.807, 2.05) is 0 Å². The van der Waals surface area contributed by atoms with Crippen LogP contribution in [0, 0.1) is 0 Å². The van der Waals surface area contributed by atoms with E-state index in [-0.39, 0.29) is 35.0 Å². The lowest BCUT2D eigenvalue weighted by Gasteiger charge is -2.10. The van der Waals surface area contributed by atoms with Gasteiger partial charge in [0, 0.05) is 18.3 Å². The Hall–Kier alpha value is -2.42. The number of carbonyl (C=O) groups excluding carboxylic acids is 2. The Morgan fingerprint density at radius 3 is 2.48 bits per heavy atom. The van der Waals surface area contributed by atoms with Gasteiger partial charge in [0.15, 0.2) is 15.5 Å². The summed E-state index contributed by atoms with van der Waals surface area (Å²) < 4.78 is 24.8. The molecule has 1 unspecified atom stereocenters. The van der Waals surface area contributed by atoms with Gasteiger partial charge in [-0.2, -0.15) is 0 Å². The summed E-state index contributed by atoms with van der Waals surface area (Å²) in [5, 5.41) is 5.73. The van der Waals surface area contributed by atoms with Gasteiger partial charge in [-0.05, 0) is 31.4 Å². The van der Waals surface area contributed by atoms with E-state index < -0.39 is 21.8 Å². The number of rotatable bonds is 4. The van der Waals surface area contributed by atoms with Crippen LogP contribution >= 0.6 is 0 Å². The first-order valence-corrected chi connectivity index (χ1v) is 11.0. The van der Waals surface area contributed by atoms with E-state index in [1.165, 1.54) is 0 Å². The van der Waals surface area contributed by atoms with Crippen molar-refractivity contribution >= 4 is 27.2 Å². The molecule has 8 nitrogen and oxygen atoms in total. The molecule has 2 aromatic heterocycles. The van der Waals surface area contributed by atoms with Crippen LogP contribution in [0.2, 0.25) is 0 Å². The molecule has 4 rings (SSSR count). The van der Waals surface area contributed by atoms with Crippen LogP contribution in [0.1, 0.15) is 53.2 Å². The van der Waals surface area contributed by atoms with Crippen molar-refractivity contribution in [3.05, 3.63) is 35.9 Å². The fourth-order valence-electron chi connectivity index (χ4n) is 3.85. The number of nitrogens with one attached hydrogen (secondary N) is 2. The Morgan fingerprint density at radius 1 is 1.04 bits per heavy atom. The quantitative estimate of drug-likeness (QED) is 0.807. The van der Waals surface area contributed by atoms with Crippen molar-refractivity contribution in [2.45, 2.75) is 44.2 Å².